The molecule has 62 heavy (non-hydrogen) atoms. The zero-order chi connectivity index (χ0) is 43.2. The summed E-state index contributed by atoms with van der Waals surface area (Å²) in [6, 6.07) is 44.4. The van der Waals surface area contributed by atoms with Crippen LogP contribution in [0.5, 0.6) is 0 Å². The molecule has 1 unspecified atom stereocenters. The summed E-state index contributed by atoms with van der Waals surface area (Å²) >= 11 is 0. The standard InChI is InChI=1S/C58H61BN2O/c1-35-29-49-52-50(30-35)61(47-20-16-15-19-40(47)37-17-13-12-14-18-37)48-24-21-38(55(3,4)5)31-46(48)59(52)54-53(60(49)39-22-23-43-41(32-39)36(2)25-26-56(43,6)7)42-33-44-45(34-51(42)62-54)58(10,11)28-27-57(44,8)9/h12-24,29-34,36H,25-28H2,1-11H3. The van der Waals surface area contributed by atoms with Gasteiger partial charge in [-0.25, -0.2) is 0 Å². The second kappa shape index (κ2) is 13.3. The van der Waals surface area contributed by atoms with E-state index in [9.17, 15) is 0 Å². The fraction of sp³-hybridized carbons (Fsp3) is 0.345. The highest BCUT2D eigenvalue weighted by molar-refractivity contribution is 7.00. The van der Waals surface area contributed by atoms with Crippen molar-refractivity contribution < 1.29 is 4.42 Å². The Bertz CT molecular complexity index is 2980. The van der Waals surface area contributed by atoms with E-state index in [4.69, 9.17) is 4.42 Å². The molecule has 1 atom stereocenters. The van der Waals surface area contributed by atoms with E-state index in [0.29, 0.717) is 5.92 Å². The average molecular weight is 813 g/mol. The molecule has 0 saturated carbocycles. The number of aryl methyl sites for hydroxylation is 1. The fourth-order valence-corrected chi connectivity index (χ4v) is 11.8. The van der Waals surface area contributed by atoms with Gasteiger partial charge >= 0.3 is 0 Å². The first-order valence-corrected chi connectivity index (χ1v) is 23.2. The Labute approximate surface area is 370 Å². The SMILES string of the molecule is Cc1cc2c3c(c1)N(c1ccc4c(c1)C(C)CCC4(C)C)c1c(oc4cc5c(cc14)C(C)(C)CCC5(C)C)B3c1cc(C(C)(C)C)ccc1N2c1ccccc1-c1ccccc1. The molecule has 0 saturated heterocycles. The summed E-state index contributed by atoms with van der Waals surface area (Å²) in [5.74, 6) is 0.491. The van der Waals surface area contributed by atoms with Gasteiger partial charge in [0.25, 0.3) is 6.71 Å². The van der Waals surface area contributed by atoms with Crippen LogP contribution >= 0.6 is 0 Å². The van der Waals surface area contributed by atoms with E-state index < -0.39 is 0 Å². The molecule has 0 amide bonds. The van der Waals surface area contributed by atoms with Gasteiger partial charge in [0.05, 0.1) is 17.0 Å². The molecule has 3 nitrogen and oxygen atoms in total. The van der Waals surface area contributed by atoms with Crippen molar-refractivity contribution in [1.82, 2.24) is 0 Å². The van der Waals surface area contributed by atoms with Crippen molar-refractivity contribution in [3.05, 3.63) is 149 Å². The van der Waals surface area contributed by atoms with Crippen molar-refractivity contribution in [2.24, 2.45) is 0 Å². The van der Waals surface area contributed by atoms with E-state index in [-0.39, 0.29) is 28.4 Å². The number of rotatable bonds is 3. The molecule has 4 heteroatoms. The molecule has 4 aliphatic rings. The molecular weight excluding hydrogens is 751 g/mol. The predicted molar refractivity (Wildman–Crippen MR) is 265 cm³/mol. The van der Waals surface area contributed by atoms with Crippen LogP contribution in [0.3, 0.4) is 0 Å². The number of furan rings is 1. The lowest BCUT2D eigenvalue weighted by molar-refractivity contribution is 0.332. The topological polar surface area (TPSA) is 19.6 Å². The van der Waals surface area contributed by atoms with Crippen molar-refractivity contribution in [2.45, 2.75) is 129 Å². The number of hydrogen-bond acceptors (Lipinski definition) is 3. The Morgan fingerprint density at radius 1 is 0.629 bits per heavy atom. The minimum atomic E-state index is -0.106. The second-order valence-corrected chi connectivity index (χ2v) is 22.3. The maximum Gasteiger partial charge on any atom is 0.297 e. The molecule has 2 aliphatic heterocycles. The van der Waals surface area contributed by atoms with Crippen LogP contribution in [-0.4, -0.2) is 6.71 Å². The zero-order valence-electron chi connectivity index (χ0n) is 38.8. The average Bonchev–Trinajstić information content (AvgIpc) is 3.61. The van der Waals surface area contributed by atoms with Crippen LogP contribution in [0.25, 0.3) is 22.1 Å². The van der Waals surface area contributed by atoms with Crippen molar-refractivity contribution in [1.29, 1.82) is 0 Å². The molecule has 3 heterocycles. The highest BCUT2D eigenvalue weighted by Gasteiger charge is 2.48. The van der Waals surface area contributed by atoms with Gasteiger partial charge in [0.15, 0.2) is 0 Å². The minimum Gasteiger partial charge on any atom is -0.468 e. The van der Waals surface area contributed by atoms with Gasteiger partial charge in [-0.3, -0.25) is 0 Å². The fourth-order valence-electron chi connectivity index (χ4n) is 11.8. The summed E-state index contributed by atoms with van der Waals surface area (Å²) in [5.41, 5.74) is 23.0. The lowest BCUT2D eigenvalue weighted by Gasteiger charge is -2.44. The summed E-state index contributed by atoms with van der Waals surface area (Å²) in [5, 5.41) is 1.22. The van der Waals surface area contributed by atoms with E-state index in [0.717, 1.165) is 24.1 Å². The lowest BCUT2D eigenvalue weighted by atomic mass is 9.35. The van der Waals surface area contributed by atoms with E-state index in [1.165, 1.54) is 108 Å². The number of benzene rings is 6. The van der Waals surface area contributed by atoms with E-state index in [1.54, 1.807) is 0 Å². The van der Waals surface area contributed by atoms with Gasteiger partial charge in [-0.15, -0.1) is 0 Å². The Kier molecular flexibility index (Phi) is 8.43. The summed E-state index contributed by atoms with van der Waals surface area (Å²) in [4.78, 5) is 5.19. The van der Waals surface area contributed by atoms with E-state index in [1.807, 2.05) is 0 Å². The van der Waals surface area contributed by atoms with Crippen LogP contribution in [-0.2, 0) is 21.7 Å². The molecule has 7 aromatic rings. The van der Waals surface area contributed by atoms with Gasteiger partial charge in [-0.05, 0) is 159 Å². The molecule has 0 spiro atoms. The number of anilines is 6. The molecule has 0 N–H and O–H groups in total. The molecular formula is C58H61BN2O. The second-order valence-electron chi connectivity index (χ2n) is 22.3. The van der Waals surface area contributed by atoms with E-state index in [2.05, 4.69) is 201 Å². The summed E-state index contributed by atoms with van der Waals surface area (Å²) in [6.45, 7) is 26.2. The number of hydrogen-bond donors (Lipinski definition) is 0. The van der Waals surface area contributed by atoms with Gasteiger partial charge in [0.2, 0.25) is 0 Å². The molecule has 0 fully saturated rings. The third-order valence-corrected chi connectivity index (χ3v) is 15.6. The van der Waals surface area contributed by atoms with Gasteiger partial charge < -0.3 is 14.2 Å². The Morgan fingerprint density at radius 2 is 1.29 bits per heavy atom. The predicted octanol–water partition coefficient (Wildman–Crippen LogP) is 14.3. The maximum atomic E-state index is 7.57. The normalized spacial score (nSPS) is 19.1. The first-order valence-electron chi connectivity index (χ1n) is 23.2. The van der Waals surface area contributed by atoms with Crippen molar-refractivity contribution in [3.8, 4) is 11.1 Å². The highest BCUT2D eigenvalue weighted by atomic mass is 16.3. The number of fused-ring (bicyclic) bond motifs is 8. The van der Waals surface area contributed by atoms with Gasteiger partial charge in [-0.1, -0.05) is 136 Å². The molecule has 0 radical (unpaired) electrons. The molecule has 0 bridgehead atoms. The van der Waals surface area contributed by atoms with E-state index >= 15 is 0 Å². The first-order chi connectivity index (χ1) is 29.4. The van der Waals surface area contributed by atoms with Crippen molar-refractivity contribution in [3.63, 3.8) is 0 Å². The van der Waals surface area contributed by atoms with Crippen LogP contribution in [0.4, 0.5) is 34.1 Å². The maximum absolute atomic E-state index is 7.57. The molecule has 11 rings (SSSR count). The number of nitrogens with zero attached hydrogens (tertiary/aromatic N) is 2. The lowest BCUT2D eigenvalue weighted by Crippen LogP contribution is -2.61. The smallest absolute Gasteiger partial charge is 0.297 e. The molecule has 312 valence electrons. The van der Waals surface area contributed by atoms with Crippen molar-refractivity contribution >= 4 is 68.4 Å². The third-order valence-electron chi connectivity index (χ3n) is 15.6. The Hall–Kier alpha value is -5.48. The van der Waals surface area contributed by atoms with Gasteiger partial charge in [0.1, 0.15) is 5.58 Å². The quantitative estimate of drug-likeness (QED) is 0.166. The monoisotopic (exact) mass is 812 g/mol. The summed E-state index contributed by atoms with van der Waals surface area (Å²) in [6.07, 6.45) is 4.74. The van der Waals surface area contributed by atoms with Crippen LogP contribution in [0.1, 0.15) is 134 Å². The largest absolute Gasteiger partial charge is 0.468 e. The van der Waals surface area contributed by atoms with Crippen molar-refractivity contribution in [2.75, 3.05) is 9.80 Å². The zero-order valence-corrected chi connectivity index (χ0v) is 38.8. The molecule has 2 aliphatic carbocycles. The molecule has 6 aromatic carbocycles. The first kappa shape index (κ1) is 39.4. The van der Waals surface area contributed by atoms with Crippen LogP contribution in [0, 0.1) is 6.92 Å². The number of para-hydroxylation sites is 1. The Morgan fingerprint density at radius 3 is 2.02 bits per heavy atom. The van der Waals surface area contributed by atoms with Gasteiger partial charge in [0, 0.05) is 33.7 Å². The third kappa shape index (κ3) is 5.77. The summed E-state index contributed by atoms with van der Waals surface area (Å²) in [7, 11) is 0. The minimum absolute atomic E-state index is 0.0422. The van der Waals surface area contributed by atoms with Crippen LogP contribution in [0.2, 0.25) is 0 Å². The highest BCUT2D eigenvalue weighted by Crippen LogP contribution is 2.53. The Balaban J connectivity index is 1.27. The van der Waals surface area contributed by atoms with Crippen LogP contribution in [0.15, 0.2) is 120 Å². The van der Waals surface area contributed by atoms with Gasteiger partial charge in [-0.2, -0.15) is 0 Å². The summed E-state index contributed by atoms with van der Waals surface area (Å²) < 4.78 is 7.57. The van der Waals surface area contributed by atoms with Crippen LogP contribution < -0.4 is 26.4 Å². The molecule has 1 aromatic heterocycles.